The topological polar surface area (TPSA) is 86.2 Å². The zero-order chi connectivity index (χ0) is 10.7. The second-order valence-corrected chi connectivity index (χ2v) is 3.34. The fraction of sp³-hybridized carbons (Fsp3) is 0.125. The number of anilines is 1. The van der Waals surface area contributed by atoms with E-state index in [4.69, 9.17) is 5.73 Å². The van der Waals surface area contributed by atoms with E-state index in [1.807, 2.05) is 0 Å². The van der Waals surface area contributed by atoms with Crippen LogP contribution in [0.1, 0.15) is 10.4 Å². The van der Waals surface area contributed by atoms with Gasteiger partial charge in [0.15, 0.2) is 6.29 Å². The lowest BCUT2D eigenvalue weighted by Crippen LogP contribution is -2.01. The second-order valence-electron chi connectivity index (χ2n) is 2.49. The molecule has 0 amide bonds. The number of nitrogen functional groups attached to an aromatic ring is 1. The molecular weight excluding hydrogens is 204 g/mol. The fourth-order valence-electron chi connectivity index (χ4n) is 1.06. The Morgan fingerprint density at radius 1 is 1.57 bits per heavy atom. The Morgan fingerprint density at radius 3 is 2.64 bits per heavy atom. The van der Waals surface area contributed by atoms with Crippen LogP contribution in [0.3, 0.4) is 0 Å². The molecule has 1 rings (SSSR count). The van der Waals surface area contributed by atoms with Crippen molar-refractivity contribution < 1.29 is 9.72 Å². The van der Waals surface area contributed by atoms with Gasteiger partial charge in [-0.3, -0.25) is 14.9 Å². The molecule has 14 heavy (non-hydrogen) atoms. The van der Waals surface area contributed by atoms with E-state index in [-0.39, 0.29) is 16.9 Å². The van der Waals surface area contributed by atoms with Gasteiger partial charge in [0.25, 0.3) is 5.69 Å². The predicted molar refractivity (Wildman–Crippen MR) is 54.7 cm³/mol. The van der Waals surface area contributed by atoms with Crippen molar-refractivity contribution in [2.24, 2.45) is 0 Å². The van der Waals surface area contributed by atoms with Gasteiger partial charge in [-0.15, -0.1) is 11.8 Å². The molecule has 0 radical (unpaired) electrons. The molecule has 1 aromatic carbocycles. The summed E-state index contributed by atoms with van der Waals surface area (Å²) >= 11 is 1.32. The molecule has 0 bridgehead atoms. The molecule has 0 atom stereocenters. The highest BCUT2D eigenvalue weighted by atomic mass is 32.2. The van der Waals surface area contributed by atoms with Gasteiger partial charge in [0.2, 0.25) is 0 Å². The average molecular weight is 212 g/mol. The Labute approximate surface area is 84.4 Å². The van der Waals surface area contributed by atoms with Crippen LogP contribution in [0.2, 0.25) is 0 Å². The molecule has 0 fully saturated rings. The Hall–Kier alpha value is -1.56. The zero-order valence-electron chi connectivity index (χ0n) is 7.39. The molecule has 0 saturated carbocycles. The third-order valence-corrected chi connectivity index (χ3v) is 2.55. The quantitative estimate of drug-likeness (QED) is 0.271. The first kappa shape index (κ1) is 10.5. The van der Waals surface area contributed by atoms with Crippen LogP contribution in [-0.2, 0) is 0 Å². The Kier molecular flexibility index (Phi) is 3.08. The fourth-order valence-corrected chi connectivity index (χ4v) is 1.65. The number of nitro groups is 1. The van der Waals surface area contributed by atoms with Crippen molar-refractivity contribution in [1.82, 2.24) is 0 Å². The summed E-state index contributed by atoms with van der Waals surface area (Å²) < 4.78 is 0. The lowest BCUT2D eigenvalue weighted by Gasteiger charge is -2.04. The van der Waals surface area contributed by atoms with Gasteiger partial charge in [0, 0.05) is 11.0 Å². The molecule has 6 heteroatoms. The number of nitrogens with two attached hydrogens (primary N) is 1. The lowest BCUT2D eigenvalue weighted by atomic mass is 10.1. The van der Waals surface area contributed by atoms with Crippen molar-refractivity contribution in [3.05, 3.63) is 27.8 Å². The number of rotatable bonds is 3. The molecule has 0 saturated heterocycles. The maximum atomic E-state index is 10.7. The first-order valence-corrected chi connectivity index (χ1v) is 4.90. The van der Waals surface area contributed by atoms with Gasteiger partial charge in [0.1, 0.15) is 5.69 Å². The minimum atomic E-state index is -0.605. The molecule has 74 valence electrons. The van der Waals surface area contributed by atoms with Crippen molar-refractivity contribution in [2.45, 2.75) is 4.90 Å². The first-order chi connectivity index (χ1) is 6.61. The number of carbonyl (C=O) groups excluding carboxylic acids is 1. The Balaban J connectivity index is 3.42. The number of nitrogens with zero attached hydrogens (tertiary/aromatic N) is 1. The maximum absolute atomic E-state index is 10.7. The third kappa shape index (κ3) is 1.69. The summed E-state index contributed by atoms with van der Waals surface area (Å²) in [6.45, 7) is 0. The summed E-state index contributed by atoms with van der Waals surface area (Å²) in [5.74, 6) is 0. The molecule has 0 aliphatic heterocycles. The smallest absolute Gasteiger partial charge is 0.292 e. The van der Waals surface area contributed by atoms with Gasteiger partial charge in [-0.1, -0.05) is 0 Å². The third-order valence-electron chi connectivity index (χ3n) is 1.76. The van der Waals surface area contributed by atoms with Gasteiger partial charge in [-0.2, -0.15) is 0 Å². The standard InChI is InChI=1S/C8H8N2O3S/c1-14-7-3-2-6(10(12)13)8(9)5(7)4-11/h2-4H,9H2,1H3. The van der Waals surface area contributed by atoms with Crippen molar-refractivity contribution in [2.75, 3.05) is 12.0 Å². The summed E-state index contributed by atoms with van der Waals surface area (Å²) in [6, 6.07) is 2.82. The van der Waals surface area contributed by atoms with Crippen molar-refractivity contribution in [3.8, 4) is 0 Å². The minimum absolute atomic E-state index is 0.0724. The molecule has 1 aromatic rings. The average Bonchev–Trinajstić information content (AvgIpc) is 2.16. The van der Waals surface area contributed by atoms with Crippen LogP contribution in [-0.4, -0.2) is 17.5 Å². The van der Waals surface area contributed by atoms with E-state index in [1.165, 1.54) is 23.9 Å². The van der Waals surface area contributed by atoms with Gasteiger partial charge in [-0.25, -0.2) is 0 Å². The van der Waals surface area contributed by atoms with E-state index in [0.717, 1.165) is 0 Å². The second kappa shape index (κ2) is 4.10. The monoisotopic (exact) mass is 212 g/mol. The maximum Gasteiger partial charge on any atom is 0.292 e. The van der Waals surface area contributed by atoms with Gasteiger partial charge in [-0.05, 0) is 12.3 Å². The van der Waals surface area contributed by atoms with Crippen molar-refractivity contribution >= 4 is 29.4 Å². The van der Waals surface area contributed by atoms with E-state index in [0.29, 0.717) is 11.2 Å². The molecule has 0 aromatic heterocycles. The van der Waals surface area contributed by atoms with Gasteiger partial charge < -0.3 is 5.73 Å². The van der Waals surface area contributed by atoms with Crippen LogP contribution >= 0.6 is 11.8 Å². The summed E-state index contributed by atoms with van der Waals surface area (Å²) in [5.41, 5.74) is 5.37. The highest BCUT2D eigenvalue weighted by Gasteiger charge is 2.17. The largest absolute Gasteiger partial charge is 0.393 e. The normalized spacial score (nSPS) is 9.79. The summed E-state index contributed by atoms with van der Waals surface area (Å²) in [7, 11) is 0. The number of benzene rings is 1. The van der Waals surface area contributed by atoms with Crippen LogP contribution < -0.4 is 5.73 Å². The number of hydrogen-bond acceptors (Lipinski definition) is 5. The lowest BCUT2D eigenvalue weighted by molar-refractivity contribution is -0.383. The van der Waals surface area contributed by atoms with Crippen LogP contribution in [0.5, 0.6) is 0 Å². The SMILES string of the molecule is CSc1ccc([N+](=O)[O-])c(N)c1C=O. The first-order valence-electron chi connectivity index (χ1n) is 3.67. The number of nitro benzene ring substituents is 1. The van der Waals surface area contributed by atoms with E-state index in [1.54, 1.807) is 6.26 Å². The highest BCUT2D eigenvalue weighted by Crippen LogP contribution is 2.31. The van der Waals surface area contributed by atoms with Crippen LogP contribution in [0, 0.1) is 10.1 Å². The molecule has 0 spiro atoms. The molecule has 5 nitrogen and oxygen atoms in total. The Bertz CT molecular complexity index is 392. The van der Waals surface area contributed by atoms with Crippen LogP contribution in [0.15, 0.2) is 17.0 Å². The van der Waals surface area contributed by atoms with Crippen molar-refractivity contribution in [3.63, 3.8) is 0 Å². The molecule has 0 heterocycles. The van der Waals surface area contributed by atoms with Crippen LogP contribution in [0.25, 0.3) is 0 Å². The molecule has 0 unspecified atom stereocenters. The number of thioether (sulfide) groups is 1. The summed E-state index contributed by atoms with van der Waals surface area (Å²) in [5, 5.41) is 10.5. The van der Waals surface area contributed by atoms with E-state index >= 15 is 0 Å². The van der Waals surface area contributed by atoms with Gasteiger partial charge >= 0.3 is 0 Å². The van der Waals surface area contributed by atoms with E-state index in [2.05, 4.69) is 0 Å². The molecule has 2 N–H and O–H groups in total. The van der Waals surface area contributed by atoms with Gasteiger partial charge in [0.05, 0.1) is 10.5 Å². The number of aldehydes is 1. The summed E-state index contributed by atoms with van der Waals surface area (Å²) in [6.07, 6.45) is 2.31. The number of carbonyl (C=O) groups is 1. The summed E-state index contributed by atoms with van der Waals surface area (Å²) in [4.78, 5) is 21.2. The highest BCUT2D eigenvalue weighted by molar-refractivity contribution is 7.98. The van der Waals surface area contributed by atoms with Crippen molar-refractivity contribution in [1.29, 1.82) is 0 Å². The van der Waals surface area contributed by atoms with Crippen LogP contribution in [0.4, 0.5) is 11.4 Å². The Morgan fingerprint density at radius 2 is 2.21 bits per heavy atom. The molecule has 0 aliphatic carbocycles. The minimum Gasteiger partial charge on any atom is -0.393 e. The number of hydrogen-bond donors (Lipinski definition) is 1. The zero-order valence-corrected chi connectivity index (χ0v) is 8.21. The molecule has 0 aliphatic rings. The predicted octanol–water partition coefficient (Wildman–Crippen LogP) is 1.71. The van der Waals surface area contributed by atoms with E-state index in [9.17, 15) is 14.9 Å². The molecular formula is C8H8N2O3S. The van der Waals surface area contributed by atoms with E-state index < -0.39 is 4.92 Å².